The number of nitrogens with zero attached hydrogens (tertiary/aromatic N) is 1. The number of nitrogen functional groups attached to an aromatic ring is 1. The minimum atomic E-state index is 0.749. The molecule has 3 nitrogen and oxygen atoms in total. The summed E-state index contributed by atoms with van der Waals surface area (Å²) in [5.41, 5.74) is 12.2. The van der Waals surface area contributed by atoms with Gasteiger partial charge in [-0.1, -0.05) is 17.7 Å². The molecule has 0 aliphatic rings. The van der Waals surface area contributed by atoms with E-state index in [1.807, 2.05) is 24.3 Å². The Hall–Kier alpha value is -2.55. The predicted octanol–water partition coefficient (Wildman–Crippen LogP) is 4.18. The van der Waals surface area contributed by atoms with Gasteiger partial charge >= 0.3 is 0 Å². The average Bonchev–Trinajstić information content (AvgIpc) is 2.45. The third-order valence-corrected chi connectivity index (χ3v) is 3.45. The van der Waals surface area contributed by atoms with E-state index in [1.54, 1.807) is 6.20 Å². The summed E-state index contributed by atoms with van der Waals surface area (Å²) in [4.78, 5) is 4.44. The molecule has 0 unspecified atom stereocenters. The summed E-state index contributed by atoms with van der Waals surface area (Å²) in [6, 6.07) is 14.1. The van der Waals surface area contributed by atoms with Crippen molar-refractivity contribution in [2.45, 2.75) is 13.8 Å². The monoisotopic (exact) mass is 263 g/mol. The van der Waals surface area contributed by atoms with Crippen LogP contribution in [0, 0.1) is 13.8 Å². The minimum Gasteiger partial charge on any atom is -0.398 e. The van der Waals surface area contributed by atoms with Crippen molar-refractivity contribution >= 4 is 28.0 Å². The molecule has 0 saturated heterocycles. The van der Waals surface area contributed by atoms with Gasteiger partial charge in [0.05, 0.1) is 11.2 Å². The van der Waals surface area contributed by atoms with Crippen molar-refractivity contribution in [3.05, 3.63) is 59.8 Å². The fraction of sp³-hybridized carbons (Fsp3) is 0.118. The van der Waals surface area contributed by atoms with Crippen molar-refractivity contribution in [1.82, 2.24) is 4.98 Å². The van der Waals surface area contributed by atoms with E-state index in [2.05, 4.69) is 42.3 Å². The van der Waals surface area contributed by atoms with Crippen LogP contribution in [0.1, 0.15) is 11.1 Å². The molecule has 0 bridgehead atoms. The summed E-state index contributed by atoms with van der Waals surface area (Å²) in [6.07, 6.45) is 1.79. The molecule has 0 spiro atoms. The van der Waals surface area contributed by atoms with Gasteiger partial charge in [0, 0.05) is 23.0 Å². The molecule has 0 aliphatic heterocycles. The first kappa shape index (κ1) is 12.5. The molecule has 0 amide bonds. The summed E-state index contributed by atoms with van der Waals surface area (Å²) in [5.74, 6) is 0. The summed E-state index contributed by atoms with van der Waals surface area (Å²) >= 11 is 0. The van der Waals surface area contributed by atoms with Crippen molar-refractivity contribution in [2.24, 2.45) is 0 Å². The maximum atomic E-state index is 6.00. The molecule has 100 valence electrons. The molecule has 0 atom stereocenters. The second kappa shape index (κ2) is 4.85. The van der Waals surface area contributed by atoms with E-state index < -0.39 is 0 Å². The highest BCUT2D eigenvalue weighted by Gasteiger charge is 2.06. The van der Waals surface area contributed by atoms with Crippen LogP contribution in [0.5, 0.6) is 0 Å². The molecule has 3 rings (SSSR count). The number of aryl methyl sites for hydroxylation is 2. The first-order chi connectivity index (χ1) is 9.65. The highest BCUT2D eigenvalue weighted by molar-refractivity contribution is 5.99. The number of hydrogen-bond donors (Lipinski definition) is 2. The van der Waals surface area contributed by atoms with E-state index in [0.717, 1.165) is 28.0 Å². The van der Waals surface area contributed by atoms with Crippen LogP contribution in [0.15, 0.2) is 48.7 Å². The van der Waals surface area contributed by atoms with Gasteiger partial charge in [-0.15, -0.1) is 0 Å². The fourth-order valence-electron chi connectivity index (χ4n) is 2.39. The zero-order valence-corrected chi connectivity index (χ0v) is 11.6. The van der Waals surface area contributed by atoms with Gasteiger partial charge in [-0.2, -0.15) is 0 Å². The number of fused-ring (bicyclic) bond motifs is 1. The molecule has 0 aliphatic carbocycles. The Morgan fingerprint density at radius 3 is 2.60 bits per heavy atom. The Bertz CT molecular complexity index is 778. The lowest BCUT2D eigenvalue weighted by Gasteiger charge is -2.13. The van der Waals surface area contributed by atoms with Crippen molar-refractivity contribution in [3.8, 4) is 0 Å². The van der Waals surface area contributed by atoms with Crippen LogP contribution in [0.2, 0.25) is 0 Å². The van der Waals surface area contributed by atoms with Crippen LogP contribution in [0.4, 0.5) is 17.1 Å². The molecule has 3 N–H and O–H groups in total. The van der Waals surface area contributed by atoms with E-state index in [4.69, 9.17) is 5.73 Å². The topological polar surface area (TPSA) is 50.9 Å². The quantitative estimate of drug-likeness (QED) is 0.682. The van der Waals surface area contributed by atoms with Crippen molar-refractivity contribution in [3.63, 3.8) is 0 Å². The first-order valence-electron chi connectivity index (χ1n) is 6.62. The average molecular weight is 263 g/mol. The van der Waals surface area contributed by atoms with Gasteiger partial charge in [0.15, 0.2) is 0 Å². The summed E-state index contributed by atoms with van der Waals surface area (Å²) in [5, 5.41) is 4.43. The smallest absolute Gasteiger partial charge is 0.0957 e. The Morgan fingerprint density at radius 1 is 1.00 bits per heavy atom. The van der Waals surface area contributed by atoms with E-state index in [-0.39, 0.29) is 0 Å². The minimum absolute atomic E-state index is 0.749. The lowest BCUT2D eigenvalue weighted by atomic mass is 10.1. The van der Waals surface area contributed by atoms with Crippen LogP contribution >= 0.6 is 0 Å². The summed E-state index contributed by atoms with van der Waals surface area (Å²) < 4.78 is 0. The number of hydrogen-bond acceptors (Lipinski definition) is 3. The largest absolute Gasteiger partial charge is 0.398 e. The zero-order chi connectivity index (χ0) is 14.1. The molecule has 0 fully saturated rings. The number of pyridine rings is 1. The Labute approximate surface area is 118 Å². The van der Waals surface area contributed by atoms with Crippen molar-refractivity contribution in [2.75, 3.05) is 11.1 Å². The summed E-state index contributed by atoms with van der Waals surface area (Å²) in [7, 11) is 0. The number of nitrogens with two attached hydrogens (primary N) is 1. The summed E-state index contributed by atoms with van der Waals surface area (Å²) in [6.45, 7) is 4.19. The second-order valence-electron chi connectivity index (χ2n) is 5.05. The van der Waals surface area contributed by atoms with Crippen LogP contribution in [0.3, 0.4) is 0 Å². The molecule has 0 radical (unpaired) electrons. The molecule has 1 heterocycles. The maximum absolute atomic E-state index is 6.00. The van der Waals surface area contributed by atoms with Gasteiger partial charge < -0.3 is 11.1 Å². The number of aromatic nitrogens is 1. The fourth-order valence-corrected chi connectivity index (χ4v) is 2.39. The van der Waals surface area contributed by atoms with Crippen molar-refractivity contribution < 1.29 is 0 Å². The SMILES string of the molecule is Cc1ccc(Nc2ccc(N)c3cccnc23)c(C)c1. The van der Waals surface area contributed by atoms with E-state index in [1.165, 1.54) is 11.1 Å². The van der Waals surface area contributed by atoms with Crippen LogP contribution in [0.25, 0.3) is 10.9 Å². The molecule has 3 heteroatoms. The van der Waals surface area contributed by atoms with E-state index in [0.29, 0.717) is 0 Å². The van der Waals surface area contributed by atoms with Gasteiger partial charge in [-0.25, -0.2) is 0 Å². The Balaban J connectivity index is 2.09. The molecular weight excluding hydrogens is 246 g/mol. The van der Waals surface area contributed by atoms with Crippen molar-refractivity contribution in [1.29, 1.82) is 0 Å². The normalized spacial score (nSPS) is 10.7. The van der Waals surface area contributed by atoms with Gasteiger partial charge in [0.2, 0.25) is 0 Å². The van der Waals surface area contributed by atoms with Crippen LogP contribution in [-0.4, -0.2) is 4.98 Å². The molecule has 0 saturated carbocycles. The van der Waals surface area contributed by atoms with E-state index in [9.17, 15) is 0 Å². The predicted molar refractivity (Wildman–Crippen MR) is 85.4 cm³/mol. The van der Waals surface area contributed by atoms with E-state index >= 15 is 0 Å². The highest BCUT2D eigenvalue weighted by Crippen LogP contribution is 2.29. The molecule has 2 aromatic carbocycles. The van der Waals surface area contributed by atoms with Gasteiger partial charge in [-0.3, -0.25) is 4.98 Å². The Morgan fingerprint density at radius 2 is 1.80 bits per heavy atom. The van der Waals surface area contributed by atoms with Gasteiger partial charge in [-0.05, 0) is 49.7 Å². The zero-order valence-electron chi connectivity index (χ0n) is 11.6. The molecule has 1 aromatic heterocycles. The molecule has 3 aromatic rings. The highest BCUT2D eigenvalue weighted by atomic mass is 14.9. The molecular formula is C17H17N3. The number of benzene rings is 2. The lowest BCUT2D eigenvalue weighted by molar-refractivity contribution is 1.36. The molecule has 20 heavy (non-hydrogen) atoms. The Kier molecular flexibility index (Phi) is 3.03. The van der Waals surface area contributed by atoms with Crippen LogP contribution in [-0.2, 0) is 0 Å². The standard InChI is InChI=1S/C17H17N3/c1-11-5-7-15(12(2)10-11)20-16-8-6-14(18)13-4-3-9-19-17(13)16/h3-10,20H,18H2,1-2H3. The lowest BCUT2D eigenvalue weighted by Crippen LogP contribution is -1.97. The number of rotatable bonds is 2. The van der Waals surface area contributed by atoms with Gasteiger partial charge in [0.1, 0.15) is 0 Å². The maximum Gasteiger partial charge on any atom is 0.0957 e. The van der Waals surface area contributed by atoms with Gasteiger partial charge in [0.25, 0.3) is 0 Å². The second-order valence-corrected chi connectivity index (χ2v) is 5.05. The number of nitrogens with one attached hydrogen (secondary N) is 1. The number of anilines is 3. The van der Waals surface area contributed by atoms with Crippen LogP contribution < -0.4 is 11.1 Å². The third-order valence-electron chi connectivity index (χ3n) is 3.45. The first-order valence-corrected chi connectivity index (χ1v) is 6.62. The third kappa shape index (κ3) is 2.18.